The molecule has 2 N–H and O–H groups in total. The predicted molar refractivity (Wildman–Crippen MR) is 71.6 cm³/mol. The van der Waals surface area contributed by atoms with Gasteiger partial charge in [0.25, 0.3) is 0 Å². The minimum absolute atomic E-state index is 0.880. The Kier molecular flexibility index (Phi) is 2.80. The first kappa shape index (κ1) is 9.73. The highest BCUT2D eigenvalue weighted by Gasteiger charge is 2.04. The number of hydrogen-bond donors (Lipinski definition) is 1. The molecule has 1 nitrogen and oxygen atoms in total. The third kappa shape index (κ3) is 1.85. The summed E-state index contributed by atoms with van der Waals surface area (Å²) < 4.78 is 2.48. The molecule has 2 aromatic rings. The summed E-state index contributed by atoms with van der Waals surface area (Å²) >= 11 is 7.53. The number of benzene rings is 1. The molecule has 0 fully saturated rings. The van der Waals surface area contributed by atoms with Crippen LogP contribution < -0.4 is 5.73 Å². The summed E-state index contributed by atoms with van der Waals surface area (Å²) in [4.78, 5) is 1.32. The van der Waals surface area contributed by atoms with Gasteiger partial charge < -0.3 is 5.73 Å². The van der Waals surface area contributed by atoms with Gasteiger partial charge in [-0.25, -0.2) is 0 Å². The lowest BCUT2D eigenvalue weighted by Gasteiger charge is -1.96. The Bertz CT molecular complexity index is 452. The quantitative estimate of drug-likeness (QED) is 0.460. The second kappa shape index (κ2) is 3.74. The fourth-order valence-corrected chi connectivity index (χ4v) is 3.60. The molecule has 0 unspecified atom stereocenters. The molecule has 0 atom stereocenters. The van der Waals surface area contributed by atoms with Gasteiger partial charge in [0, 0.05) is 29.6 Å². The molecule has 0 bridgehead atoms. The van der Waals surface area contributed by atoms with Gasteiger partial charge >= 0.3 is 0 Å². The number of hydrogen-bond acceptors (Lipinski definition) is 2. The zero-order chi connectivity index (χ0) is 9.42. The molecule has 0 saturated carbocycles. The van der Waals surface area contributed by atoms with E-state index >= 15 is 0 Å². The van der Waals surface area contributed by atoms with E-state index in [1.165, 1.54) is 18.5 Å². The molecule has 4 heteroatoms. The van der Waals surface area contributed by atoms with Crippen molar-refractivity contribution in [3.63, 3.8) is 0 Å². The second-order valence-electron chi connectivity index (χ2n) is 2.75. The molecule has 68 valence electrons. The Labute approximate surface area is 103 Å². The standard InChI is InChI=1S/C9H7BrINS/c10-4-6-3-7-8(12)1-5(11)2-9(7)13-6/h1-3H,4,12H2. The Balaban J connectivity index is 2.75. The van der Waals surface area contributed by atoms with Crippen molar-refractivity contribution in [2.75, 3.05) is 5.73 Å². The van der Waals surface area contributed by atoms with Crippen LogP contribution in [0.1, 0.15) is 4.88 Å². The maximum atomic E-state index is 5.91. The first-order valence-electron chi connectivity index (χ1n) is 3.74. The Morgan fingerprint density at radius 2 is 2.15 bits per heavy atom. The topological polar surface area (TPSA) is 26.0 Å². The molecule has 1 heterocycles. The highest BCUT2D eigenvalue weighted by molar-refractivity contribution is 14.1. The van der Waals surface area contributed by atoms with E-state index in [0.717, 1.165) is 11.0 Å². The van der Waals surface area contributed by atoms with Crippen molar-refractivity contribution in [1.29, 1.82) is 0 Å². The average molecular weight is 368 g/mol. The number of halogens is 2. The van der Waals surface area contributed by atoms with E-state index in [9.17, 15) is 0 Å². The number of thiophene rings is 1. The zero-order valence-corrected chi connectivity index (χ0v) is 11.2. The largest absolute Gasteiger partial charge is 0.398 e. The van der Waals surface area contributed by atoms with Crippen LogP contribution in [0.3, 0.4) is 0 Å². The van der Waals surface area contributed by atoms with Crippen LogP contribution in [-0.2, 0) is 5.33 Å². The number of nitrogen functional groups attached to an aromatic ring is 1. The van der Waals surface area contributed by atoms with Crippen molar-refractivity contribution in [3.8, 4) is 0 Å². The van der Waals surface area contributed by atoms with Gasteiger partial charge in [0.1, 0.15) is 0 Å². The smallest absolute Gasteiger partial charge is 0.0412 e. The maximum Gasteiger partial charge on any atom is 0.0412 e. The third-order valence-corrected chi connectivity index (χ3v) is 4.50. The van der Waals surface area contributed by atoms with Crippen molar-refractivity contribution in [1.82, 2.24) is 0 Å². The summed E-state index contributed by atoms with van der Waals surface area (Å²) in [7, 11) is 0. The van der Waals surface area contributed by atoms with Crippen molar-refractivity contribution in [3.05, 3.63) is 26.6 Å². The minimum Gasteiger partial charge on any atom is -0.398 e. The molecule has 0 aliphatic carbocycles. The van der Waals surface area contributed by atoms with Crippen LogP contribution in [0.5, 0.6) is 0 Å². The van der Waals surface area contributed by atoms with E-state index in [1.807, 2.05) is 6.07 Å². The van der Waals surface area contributed by atoms with Gasteiger partial charge in [0.15, 0.2) is 0 Å². The summed E-state index contributed by atoms with van der Waals surface area (Å²) in [5.41, 5.74) is 6.79. The van der Waals surface area contributed by atoms with E-state index in [1.54, 1.807) is 11.3 Å². The lowest BCUT2D eigenvalue weighted by atomic mass is 10.2. The van der Waals surface area contributed by atoms with Gasteiger partial charge in [-0.15, -0.1) is 11.3 Å². The Morgan fingerprint density at radius 3 is 2.85 bits per heavy atom. The molecular weight excluding hydrogens is 361 g/mol. The van der Waals surface area contributed by atoms with Crippen LogP contribution in [0.2, 0.25) is 0 Å². The lowest BCUT2D eigenvalue weighted by molar-refractivity contribution is 1.59. The van der Waals surface area contributed by atoms with E-state index in [4.69, 9.17) is 5.73 Å². The zero-order valence-electron chi connectivity index (χ0n) is 6.68. The summed E-state index contributed by atoms with van der Waals surface area (Å²) in [6.45, 7) is 0. The first-order valence-corrected chi connectivity index (χ1v) is 6.76. The molecule has 0 amide bonds. The SMILES string of the molecule is Nc1cc(I)cc2sc(CBr)cc12. The summed E-state index contributed by atoms with van der Waals surface area (Å²) in [5.74, 6) is 0. The van der Waals surface area contributed by atoms with Crippen molar-refractivity contribution >= 4 is 65.6 Å². The maximum absolute atomic E-state index is 5.91. The highest BCUT2D eigenvalue weighted by atomic mass is 127. The monoisotopic (exact) mass is 367 g/mol. The van der Waals surface area contributed by atoms with Crippen molar-refractivity contribution in [2.45, 2.75) is 5.33 Å². The lowest BCUT2D eigenvalue weighted by Crippen LogP contribution is -1.85. The molecule has 0 saturated heterocycles. The fourth-order valence-electron chi connectivity index (χ4n) is 1.25. The molecule has 1 aromatic carbocycles. The normalized spacial score (nSPS) is 10.9. The van der Waals surface area contributed by atoms with Crippen molar-refractivity contribution in [2.24, 2.45) is 0 Å². The third-order valence-electron chi connectivity index (χ3n) is 1.82. The molecule has 13 heavy (non-hydrogen) atoms. The summed E-state index contributed by atoms with van der Waals surface area (Å²) in [6.07, 6.45) is 0. The molecule has 0 spiro atoms. The Morgan fingerprint density at radius 1 is 1.38 bits per heavy atom. The van der Waals surface area contributed by atoms with Crippen LogP contribution in [0.25, 0.3) is 10.1 Å². The van der Waals surface area contributed by atoms with Gasteiger partial charge in [-0.1, -0.05) is 15.9 Å². The molecule has 0 aliphatic rings. The van der Waals surface area contributed by atoms with Crippen LogP contribution in [-0.4, -0.2) is 0 Å². The van der Waals surface area contributed by atoms with E-state index in [2.05, 4.69) is 50.7 Å². The van der Waals surface area contributed by atoms with Gasteiger partial charge in [-0.3, -0.25) is 0 Å². The number of fused-ring (bicyclic) bond motifs is 1. The predicted octanol–water partition coefficient (Wildman–Crippen LogP) is 3.98. The number of alkyl halides is 1. The molecular formula is C9H7BrINS. The molecule has 1 aromatic heterocycles. The summed E-state index contributed by atoms with van der Waals surface area (Å²) in [5, 5.41) is 2.09. The molecule has 2 rings (SSSR count). The highest BCUT2D eigenvalue weighted by Crippen LogP contribution is 2.32. The Hall–Kier alpha value is 0.190. The van der Waals surface area contributed by atoms with Crippen LogP contribution in [0.4, 0.5) is 5.69 Å². The van der Waals surface area contributed by atoms with Crippen LogP contribution >= 0.6 is 49.9 Å². The minimum atomic E-state index is 0.880. The fraction of sp³-hybridized carbons (Fsp3) is 0.111. The van der Waals surface area contributed by atoms with Gasteiger partial charge in [-0.05, 0) is 40.8 Å². The number of nitrogens with two attached hydrogens (primary N) is 1. The van der Waals surface area contributed by atoms with E-state index in [0.29, 0.717) is 0 Å². The first-order chi connectivity index (χ1) is 6.20. The van der Waals surface area contributed by atoms with Crippen molar-refractivity contribution < 1.29 is 0 Å². The van der Waals surface area contributed by atoms with Gasteiger partial charge in [0.2, 0.25) is 0 Å². The van der Waals surface area contributed by atoms with Crippen LogP contribution in [0.15, 0.2) is 18.2 Å². The second-order valence-corrected chi connectivity index (χ2v) is 5.73. The number of rotatable bonds is 1. The average Bonchev–Trinajstić information content (AvgIpc) is 2.47. The van der Waals surface area contributed by atoms with E-state index < -0.39 is 0 Å². The number of anilines is 1. The van der Waals surface area contributed by atoms with Gasteiger partial charge in [-0.2, -0.15) is 0 Å². The van der Waals surface area contributed by atoms with E-state index in [-0.39, 0.29) is 0 Å². The molecule has 0 radical (unpaired) electrons. The summed E-state index contributed by atoms with van der Waals surface area (Å²) in [6, 6.07) is 6.33. The molecule has 0 aliphatic heterocycles. The van der Waals surface area contributed by atoms with Gasteiger partial charge in [0.05, 0.1) is 0 Å². The van der Waals surface area contributed by atoms with Crippen LogP contribution in [0, 0.1) is 3.57 Å².